The van der Waals surface area contributed by atoms with Crippen molar-refractivity contribution in [3.05, 3.63) is 35.9 Å². The number of carbonyl (C=O) groups excluding carboxylic acids is 1. The fourth-order valence-corrected chi connectivity index (χ4v) is 1.55. The van der Waals surface area contributed by atoms with Gasteiger partial charge < -0.3 is 10.4 Å². The Bertz CT molecular complexity index is 309. The molecule has 1 aromatic rings. The van der Waals surface area contributed by atoms with E-state index in [-0.39, 0.29) is 11.9 Å². The van der Waals surface area contributed by atoms with Crippen LogP contribution in [0.5, 0.6) is 0 Å². The first-order valence-electron chi connectivity index (χ1n) is 5.09. The van der Waals surface area contributed by atoms with Crippen LogP contribution >= 0.6 is 0 Å². The van der Waals surface area contributed by atoms with Gasteiger partial charge in [-0.25, -0.2) is 0 Å². The van der Waals surface area contributed by atoms with Gasteiger partial charge in [-0.1, -0.05) is 30.3 Å². The molecule has 15 heavy (non-hydrogen) atoms. The molecule has 0 aliphatic rings. The van der Waals surface area contributed by atoms with E-state index in [9.17, 15) is 9.90 Å². The van der Waals surface area contributed by atoms with Gasteiger partial charge in [0, 0.05) is 6.92 Å². The molecule has 1 aromatic carbocycles. The second-order valence-electron chi connectivity index (χ2n) is 3.75. The van der Waals surface area contributed by atoms with E-state index in [0.717, 1.165) is 5.56 Å². The van der Waals surface area contributed by atoms with Crippen LogP contribution in [0.2, 0.25) is 0 Å². The zero-order chi connectivity index (χ0) is 11.3. The maximum atomic E-state index is 11.0. The smallest absolute Gasteiger partial charge is 0.217 e. The van der Waals surface area contributed by atoms with Crippen LogP contribution in [-0.2, 0) is 4.79 Å². The van der Waals surface area contributed by atoms with Crippen molar-refractivity contribution < 1.29 is 9.90 Å². The average Bonchev–Trinajstić information content (AvgIpc) is 2.17. The normalized spacial score (nSPS) is 14.3. The van der Waals surface area contributed by atoms with Crippen molar-refractivity contribution in [1.82, 2.24) is 5.32 Å². The Hall–Kier alpha value is -1.35. The molecule has 2 unspecified atom stereocenters. The van der Waals surface area contributed by atoms with Gasteiger partial charge in [0.25, 0.3) is 0 Å². The Morgan fingerprint density at radius 3 is 2.47 bits per heavy atom. The lowest BCUT2D eigenvalue weighted by molar-refractivity contribution is -0.119. The molecule has 1 amide bonds. The highest BCUT2D eigenvalue weighted by molar-refractivity contribution is 5.73. The molecular weight excluding hydrogens is 190 g/mol. The Balaban J connectivity index is 2.76. The molecule has 0 aliphatic carbocycles. The van der Waals surface area contributed by atoms with Crippen molar-refractivity contribution in [2.24, 2.45) is 0 Å². The zero-order valence-corrected chi connectivity index (χ0v) is 9.10. The van der Waals surface area contributed by atoms with Crippen LogP contribution in [0.3, 0.4) is 0 Å². The summed E-state index contributed by atoms with van der Waals surface area (Å²) in [6.07, 6.45) is 0.103. The highest BCUT2D eigenvalue weighted by atomic mass is 16.3. The molecule has 0 aromatic heterocycles. The van der Waals surface area contributed by atoms with Crippen LogP contribution in [0.4, 0.5) is 0 Å². The van der Waals surface area contributed by atoms with Crippen LogP contribution in [0, 0.1) is 0 Å². The van der Waals surface area contributed by atoms with Gasteiger partial charge in [-0.2, -0.15) is 0 Å². The van der Waals surface area contributed by atoms with Gasteiger partial charge in [0.15, 0.2) is 0 Å². The second-order valence-corrected chi connectivity index (χ2v) is 3.75. The number of carbonyl (C=O) groups is 1. The Morgan fingerprint density at radius 1 is 1.40 bits per heavy atom. The summed E-state index contributed by atoms with van der Waals surface area (Å²) in [5, 5.41) is 12.2. The summed E-state index contributed by atoms with van der Waals surface area (Å²) in [5.74, 6) is -0.0792. The molecule has 0 bridgehead atoms. The van der Waals surface area contributed by atoms with Crippen molar-refractivity contribution >= 4 is 5.91 Å². The van der Waals surface area contributed by atoms with Gasteiger partial charge in [0.05, 0.1) is 12.1 Å². The molecular formula is C12H17NO2. The monoisotopic (exact) mass is 207 g/mol. The lowest BCUT2D eigenvalue weighted by atomic mass is 10.0. The van der Waals surface area contributed by atoms with E-state index >= 15 is 0 Å². The van der Waals surface area contributed by atoms with Crippen LogP contribution in [0.25, 0.3) is 0 Å². The maximum Gasteiger partial charge on any atom is 0.217 e. The minimum Gasteiger partial charge on any atom is -0.393 e. The SMILES string of the molecule is CC(=O)NC(CC(C)O)c1ccccc1. The molecule has 0 saturated carbocycles. The van der Waals surface area contributed by atoms with Gasteiger partial charge in [0.1, 0.15) is 0 Å². The Labute approximate surface area is 90.1 Å². The standard InChI is InChI=1S/C12H17NO2/c1-9(14)8-12(13-10(2)15)11-6-4-3-5-7-11/h3-7,9,12,14H,8H2,1-2H3,(H,13,15). The van der Waals surface area contributed by atoms with Gasteiger partial charge >= 0.3 is 0 Å². The summed E-state index contributed by atoms with van der Waals surface area (Å²) in [5.41, 5.74) is 1.02. The van der Waals surface area contributed by atoms with Crippen molar-refractivity contribution in [3.63, 3.8) is 0 Å². The van der Waals surface area contributed by atoms with Crippen LogP contribution in [0.15, 0.2) is 30.3 Å². The largest absolute Gasteiger partial charge is 0.393 e. The van der Waals surface area contributed by atoms with Gasteiger partial charge in [-0.3, -0.25) is 4.79 Å². The van der Waals surface area contributed by atoms with E-state index in [2.05, 4.69) is 5.32 Å². The van der Waals surface area contributed by atoms with Gasteiger partial charge in [0.2, 0.25) is 5.91 Å². The molecule has 0 heterocycles. The predicted octanol–water partition coefficient (Wildman–Crippen LogP) is 1.63. The second kappa shape index (κ2) is 5.51. The maximum absolute atomic E-state index is 11.0. The molecule has 2 N–H and O–H groups in total. The summed E-state index contributed by atoms with van der Waals surface area (Å²) in [6.45, 7) is 3.20. The van der Waals surface area contributed by atoms with Crippen molar-refractivity contribution in [2.75, 3.05) is 0 Å². The minimum atomic E-state index is -0.429. The van der Waals surface area contributed by atoms with E-state index < -0.39 is 6.10 Å². The third-order valence-electron chi connectivity index (χ3n) is 2.16. The molecule has 0 aliphatic heterocycles. The molecule has 0 radical (unpaired) electrons. The Morgan fingerprint density at radius 2 is 2.00 bits per heavy atom. The number of hydrogen-bond acceptors (Lipinski definition) is 2. The zero-order valence-electron chi connectivity index (χ0n) is 9.10. The van der Waals surface area contributed by atoms with E-state index in [1.807, 2.05) is 30.3 Å². The van der Waals surface area contributed by atoms with Crippen molar-refractivity contribution in [2.45, 2.75) is 32.4 Å². The fraction of sp³-hybridized carbons (Fsp3) is 0.417. The molecule has 0 saturated heterocycles. The number of nitrogens with one attached hydrogen (secondary N) is 1. The summed E-state index contributed by atoms with van der Waals surface area (Å²) in [7, 11) is 0. The molecule has 3 heteroatoms. The summed E-state index contributed by atoms with van der Waals surface area (Å²) in [6, 6.07) is 9.56. The van der Waals surface area contributed by atoms with E-state index in [1.54, 1.807) is 6.92 Å². The van der Waals surface area contributed by atoms with E-state index in [4.69, 9.17) is 0 Å². The predicted molar refractivity (Wildman–Crippen MR) is 59.3 cm³/mol. The summed E-state index contributed by atoms with van der Waals surface area (Å²) in [4.78, 5) is 11.0. The summed E-state index contributed by atoms with van der Waals surface area (Å²) < 4.78 is 0. The number of aliphatic hydroxyl groups excluding tert-OH is 1. The molecule has 0 fully saturated rings. The molecule has 1 rings (SSSR count). The lowest BCUT2D eigenvalue weighted by Gasteiger charge is -2.19. The van der Waals surface area contributed by atoms with E-state index in [1.165, 1.54) is 6.92 Å². The topological polar surface area (TPSA) is 49.3 Å². The van der Waals surface area contributed by atoms with Crippen LogP contribution in [0.1, 0.15) is 31.9 Å². The fourth-order valence-electron chi connectivity index (χ4n) is 1.55. The number of rotatable bonds is 4. The minimum absolute atomic E-state index is 0.0792. The van der Waals surface area contributed by atoms with Gasteiger partial charge in [-0.15, -0.1) is 0 Å². The first kappa shape index (κ1) is 11.7. The highest BCUT2D eigenvalue weighted by Gasteiger charge is 2.14. The molecule has 0 spiro atoms. The highest BCUT2D eigenvalue weighted by Crippen LogP contribution is 2.17. The third kappa shape index (κ3) is 4.13. The lowest BCUT2D eigenvalue weighted by Crippen LogP contribution is -2.28. The molecule has 82 valence electrons. The van der Waals surface area contributed by atoms with Crippen molar-refractivity contribution in [3.8, 4) is 0 Å². The number of amides is 1. The molecule has 2 atom stereocenters. The Kier molecular flexibility index (Phi) is 4.31. The number of aliphatic hydroxyl groups is 1. The average molecular weight is 207 g/mol. The van der Waals surface area contributed by atoms with Crippen molar-refractivity contribution in [1.29, 1.82) is 0 Å². The third-order valence-corrected chi connectivity index (χ3v) is 2.16. The van der Waals surface area contributed by atoms with Crippen LogP contribution in [-0.4, -0.2) is 17.1 Å². The first-order valence-corrected chi connectivity index (χ1v) is 5.09. The number of benzene rings is 1. The summed E-state index contributed by atoms with van der Waals surface area (Å²) >= 11 is 0. The van der Waals surface area contributed by atoms with E-state index in [0.29, 0.717) is 6.42 Å². The van der Waals surface area contributed by atoms with Gasteiger partial charge in [-0.05, 0) is 18.9 Å². The molecule has 3 nitrogen and oxygen atoms in total. The first-order chi connectivity index (χ1) is 7.09. The van der Waals surface area contributed by atoms with Crippen LogP contribution < -0.4 is 5.32 Å². The quantitative estimate of drug-likeness (QED) is 0.788. The number of hydrogen-bond donors (Lipinski definition) is 2.